The normalized spacial score (nSPS) is 19.2. The lowest BCUT2D eigenvalue weighted by Gasteiger charge is -2.29. The summed E-state index contributed by atoms with van der Waals surface area (Å²) in [6.07, 6.45) is 4.99. The number of rotatable bonds is 4. The van der Waals surface area contributed by atoms with Crippen LogP contribution < -0.4 is 15.4 Å². The van der Waals surface area contributed by atoms with E-state index in [4.69, 9.17) is 16.3 Å². The third-order valence-corrected chi connectivity index (χ3v) is 5.11. The van der Waals surface area contributed by atoms with Crippen LogP contribution in [0.15, 0.2) is 48.5 Å². The summed E-state index contributed by atoms with van der Waals surface area (Å²) in [4.78, 5) is 24.1. The molecule has 2 N–H and O–H groups in total. The first-order valence-electron chi connectivity index (χ1n) is 9.16. The second-order valence-corrected chi connectivity index (χ2v) is 7.24. The Morgan fingerprint density at radius 3 is 2.44 bits per heavy atom. The summed E-state index contributed by atoms with van der Waals surface area (Å²) in [5.74, 6) is 0.786. The van der Waals surface area contributed by atoms with Gasteiger partial charge in [0.15, 0.2) is 0 Å². The summed E-state index contributed by atoms with van der Waals surface area (Å²) in [6, 6.07) is 13.1. The van der Waals surface area contributed by atoms with Gasteiger partial charge in [0, 0.05) is 5.69 Å². The zero-order valence-electron chi connectivity index (χ0n) is 15.2. The fourth-order valence-corrected chi connectivity index (χ4v) is 3.45. The molecule has 1 aliphatic rings. The van der Waals surface area contributed by atoms with Gasteiger partial charge < -0.3 is 10.1 Å². The molecule has 5 nitrogen and oxygen atoms in total. The molecule has 27 heavy (non-hydrogen) atoms. The van der Waals surface area contributed by atoms with E-state index in [-0.39, 0.29) is 11.7 Å². The van der Waals surface area contributed by atoms with Crippen LogP contribution in [-0.4, -0.2) is 18.0 Å². The van der Waals surface area contributed by atoms with Gasteiger partial charge in [0.1, 0.15) is 11.9 Å². The predicted molar refractivity (Wildman–Crippen MR) is 106 cm³/mol. The van der Waals surface area contributed by atoms with Crippen LogP contribution in [0.2, 0.25) is 5.02 Å². The van der Waals surface area contributed by atoms with Gasteiger partial charge in [-0.05, 0) is 61.6 Å². The molecule has 0 aromatic heterocycles. The summed E-state index contributed by atoms with van der Waals surface area (Å²) in [5, 5.41) is 5.19. The van der Waals surface area contributed by atoms with Crippen LogP contribution in [0.3, 0.4) is 0 Å². The van der Waals surface area contributed by atoms with Gasteiger partial charge in [0.2, 0.25) is 0 Å². The average molecular weight is 387 g/mol. The first-order valence-corrected chi connectivity index (χ1v) is 9.54. The third-order valence-electron chi connectivity index (χ3n) is 4.78. The minimum Gasteiger partial charge on any atom is -0.490 e. The van der Waals surface area contributed by atoms with Crippen molar-refractivity contribution in [1.29, 1.82) is 0 Å². The molecule has 0 radical (unpaired) electrons. The van der Waals surface area contributed by atoms with Gasteiger partial charge in [-0.2, -0.15) is 0 Å². The van der Waals surface area contributed by atoms with Crippen molar-refractivity contribution in [3.63, 3.8) is 0 Å². The van der Waals surface area contributed by atoms with Gasteiger partial charge in [-0.25, -0.2) is 4.79 Å². The number of halogens is 1. The van der Waals surface area contributed by atoms with E-state index in [1.807, 2.05) is 12.1 Å². The number of ether oxygens (including phenoxy) is 1. The number of nitrogens with one attached hydrogen (secondary N) is 2. The number of hydrogen-bond donors (Lipinski definition) is 2. The molecule has 1 fully saturated rings. The highest BCUT2D eigenvalue weighted by Gasteiger charge is 2.22. The second kappa shape index (κ2) is 8.91. The SMILES string of the molecule is CC1CCCCC1Oc1ccc(NC(=O)NC(=O)c2ccccc2Cl)cc1. The third kappa shape index (κ3) is 5.23. The van der Waals surface area contributed by atoms with E-state index in [2.05, 4.69) is 17.6 Å². The largest absolute Gasteiger partial charge is 0.490 e. The van der Waals surface area contributed by atoms with Gasteiger partial charge in [-0.15, -0.1) is 0 Å². The molecule has 2 atom stereocenters. The number of benzene rings is 2. The molecule has 2 aromatic carbocycles. The van der Waals surface area contributed by atoms with Crippen molar-refractivity contribution < 1.29 is 14.3 Å². The number of urea groups is 1. The van der Waals surface area contributed by atoms with E-state index >= 15 is 0 Å². The zero-order valence-corrected chi connectivity index (χ0v) is 16.0. The molecule has 142 valence electrons. The topological polar surface area (TPSA) is 67.4 Å². The van der Waals surface area contributed by atoms with Gasteiger partial charge in [0.05, 0.1) is 10.6 Å². The lowest BCUT2D eigenvalue weighted by molar-refractivity contribution is 0.0967. The van der Waals surface area contributed by atoms with Crippen LogP contribution in [0.1, 0.15) is 43.0 Å². The molecular weight excluding hydrogens is 364 g/mol. The summed E-state index contributed by atoms with van der Waals surface area (Å²) < 4.78 is 6.07. The zero-order chi connectivity index (χ0) is 19.2. The average Bonchev–Trinajstić information content (AvgIpc) is 2.65. The number of hydrogen-bond acceptors (Lipinski definition) is 3. The van der Waals surface area contributed by atoms with Gasteiger partial charge in [-0.1, -0.05) is 37.1 Å². The van der Waals surface area contributed by atoms with Crippen LogP contribution in [0, 0.1) is 5.92 Å². The number of amides is 3. The standard InChI is InChI=1S/C21H23ClN2O3/c1-14-6-2-5-9-19(14)27-16-12-10-15(11-13-16)23-21(26)24-20(25)17-7-3-4-8-18(17)22/h3-4,7-8,10-14,19H,2,5-6,9H2,1H3,(H2,23,24,25,26). The molecule has 0 spiro atoms. The Morgan fingerprint density at radius 1 is 1.04 bits per heavy atom. The molecule has 2 aromatic rings. The monoisotopic (exact) mass is 386 g/mol. The Balaban J connectivity index is 1.54. The quantitative estimate of drug-likeness (QED) is 0.753. The fraction of sp³-hybridized carbons (Fsp3) is 0.333. The van der Waals surface area contributed by atoms with Crippen molar-refractivity contribution >= 4 is 29.2 Å². The molecule has 2 unspecified atom stereocenters. The molecule has 3 rings (SSSR count). The van der Waals surface area contributed by atoms with E-state index in [1.165, 1.54) is 19.3 Å². The maximum Gasteiger partial charge on any atom is 0.326 e. The lowest BCUT2D eigenvalue weighted by Crippen LogP contribution is -2.34. The summed E-state index contributed by atoms with van der Waals surface area (Å²) >= 11 is 5.96. The highest BCUT2D eigenvalue weighted by molar-refractivity contribution is 6.34. The van der Waals surface area contributed by atoms with Crippen molar-refractivity contribution in [2.24, 2.45) is 5.92 Å². The van der Waals surface area contributed by atoms with E-state index < -0.39 is 11.9 Å². The molecule has 0 heterocycles. The van der Waals surface area contributed by atoms with Gasteiger partial charge in [-0.3, -0.25) is 10.1 Å². The maximum absolute atomic E-state index is 12.1. The molecule has 0 bridgehead atoms. The Morgan fingerprint density at radius 2 is 1.74 bits per heavy atom. The first kappa shape index (κ1) is 19.2. The molecule has 0 saturated heterocycles. The van der Waals surface area contributed by atoms with Crippen LogP contribution in [0.5, 0.6) is 5.75 Å². The number of imide groups is 1. The molecule has 3 amide bonds. The van der Waals surface area contributed by atoms with E-state index in [9.17, 15) is 9.59 Å². The van der Waals surface area contributed by atoms with Crippen LogP contribution >= 0.6 is 11.6 Å². The molecule has 0 aliphatic heterocycles. The number of carbonyl (C=O) groups excluding carboxylic acids is 2. The van der Waals surface area contributed by atoms with Crippen molar-refractivity contribution in [3.8, 4) is 5.75 Å². The van der Waals surface area contributed by atoms with Gasteiger partial charge in [0.25, 0.3) is 5.91 Å². The number of carbonyl (C=O) groups is 2. The lowest BCUT2D eigenvalue weighted by atomic mass is 9.88. The summed E-state index contributed by atoms with van der Waals surface area (Å²) in [6.45, 7) is 2.22. The molecule has 1 saturated carbocycles. The van der Waals surface area contributed by atoms with Gasteiger partial charge >= 0.3 is 6.03 Å². The molecule has 1 aliphatic carbocycles. The van der Waals surface area contributed by atoms with Crippen molar-refractivity contribution in [1.82, 2.24) is 5.32 Å². The van der Waals surface area contributed by atoms with Crippen LogP contribution in [0.25, 0.3) is 0 Å². The summed E-state index contributed by atoms with van der Waals surface area (Å²) in [7, 11) is 0. The minimum absolute atomic E-state index is 0.245. The van der Waals surface area contributed by atoms with Crippen LogP contribution in [0.4, 0.5) is 10.5 Å². The van der Waals surface area contributed by atoms with Crippen molar-refractivity contribution in [2.45, 2.75) is 38.7 Å². The first-order chi connectivity index (χ1) is 13.0. The smallest absolute Gasteiger partial charge is 0.326 e. The number of anilines is 1. The van der Waals surface area contributed by atoms with Crippen molar-refractivity contribution in [3.05, 3.63) is 59.1 Å². The highest BCUT2D eigenvalue weighted by Crippen LogP contribution is 2.28. The predicted octanol–water partition coefficient (Wildman–Crippen LogP) is 5.26. The Bertz CT molecular complexity index is 807. The van der Waals surface area contributed by atoms with Crippen molar-refractivity contribution in [2.75, 3.05) is 5.32 Å². The minimum atomic E-state index is -0.616. The Hall–Kier alpha value is -2.53. The van der Waals surface area contributed by atoms with E-state index in [0.717, 1.165) is 12.2 Å². The molecule has 6 heteroatoms. The molecular formula is C21H23ClN2O3. The maximum atomic E-state index is 12.1. The van der Waals surface area contributed by atoms with E-state index in [0.29, 0.717) is 16.6 Å². The fourth-order valence-electron chi connectivity index (χ4n) is 3.23. The second-order valence-electron chi connectivity index (χ2n) is 6.83. The summed E-state index contributed by atoms with van der Waals surface area (Å²) in [5.41, 5.74) is 0.822. The van der Waals surface area contributed by atoms with E-state index in [1.54, 1.807) is 36.4 Å². The highest BCUT2D eigenvalue weighted by atomic mass is 35.5. The Labute approximate surface area is 164 Å². The Kier molecular flexibility index (Phi) is 6.35. The van der Waals surface area contributed by atoms with Crippen LogP contribution in [-0.2, 0) is 0 Å².